The molecular formula is C18H30O3. The molecule has 0 radical (unpaired) electrons. The van der Waals surface area contributed by atoms with E-state index in [0.29, 0.717) is 13.0 Å². The lowest BCUT2D eigenvalue weighted by atomic mass is 10.1. The molecule has 0 aliphatic carbocycles. The first kappa shape index (κ1) is 17.8. The SMILES string of the molecule is CCCCCCCCCCCC(=O)OCc1ccoc1C. The first-order valence-corrected chi connectivity index (χ1v) is 8.42. The summed E-state index contributed by atoms with van der Waals surface area (Å²) in [5.41, 5.74) is 0.954. The van der Waals surface area contributed by atoms with Gasteiger partial charge in [-0.25, -0.2) is 0 Å². The van der Waals surface area contributed by atoms with Crippen LogP contribution in [0.2, 0.25) is 0 Å². The molecule has 0 atom stereocenters. The third-order valence-electron chi connectivity index (χ3n) is 3.84. The van der Waals surface area contributed by atoms with Gasteiger partial charge in [0.1, 0.15) is 12.4 Å². The fourth-order valence-corrected chi connectivity index (χ4v) is 2.37. The van der Waals surface area contributed by atoms with Gasteiger partial charge in [-0.3, -0.25) is 4.79 Å². The molecule has 0 amide bonds. The molecule has 0 aliphatic rings. The van der Waals surface area contributed by atoms with E-state index in [1.165, 1.54) is 44.9 Å². The summed E-state index contributed by atoms with van der Waals surface area (Å²) in [6.07, 6.45) is 13.5. The van der Waals surface area contributed by atoms with E-state index in [1.807, 2.05) is 13.0 Å². The van der Waals surface area contributed by atoms with Crippen LogP contribution in [0.15, 0.2) is 16.7 Å². The van der Waals surface area contributed by atoms with Gasteiger partial charge in [0.05, 0.1) is 6.26 Å². The highest BCUT2D eigenvalue weighted by Crippen LogP contribution is 2.12. The van der Waals surface area contributed by atoms with Crippen molar-refractivity contribution in [1.29, 1.82) is 0 Å². The molecule has 21 heavy (non-hydrogen) atoms. The van der Waals surface area contributed by atoms with Crippen molar-refractivity contribution in [3.05, 3.63) is 23.7 Å². The highest BCUT2D eigenvalue weighted by molar-refractivity contribution is 5.69. The second-order valence-electron chi connectivity index (χ2n) is 5.74. The van der Waals surface area contributed by atoms with Crippen molar-refractivity contribution in [2.24, 2.45) is 0 Å². The Morgan fingerprint density at radius 3 is 2.24 bits per heavy atom. The van der Waals surface area contributed by atoms with Crippen molar-refractivity contribution < 1.29 is 13.9 Å². The zero-order chi connectivity index (χ0) is 15.3. The van der Waals surface area contributed by atoms with E-state index in [1.54, 1.807) is 6.26 Å². The van der Waals surface area contributed by atoms with Gasteiger partial charge in [-0.1, -0.05) is 58.3 Å². The Morgan fingerprint density at radius 2 is 1.67 bits per heavy atom. The first-order valence-electron chi connectivity index (χ1n) is 8.42. The molecule has 1 aromatic rings. The van der Waals surface area contributed by atoms with E-state index in [-0.39, 0.29) is 5.97 Å². The van der Waals surface area contributed by atoms with Gasteiger partial charge >= 0.3 is 5.97 Å². The molecule has 3 heteroatoms. The molecule has 1 rings (SSSR count). The topological polar surface area (TPSA) is 39.4 Å². The predicted octanol–water partition coefficient (Wildman–Crippen LogP) is 5.55. The van der Waals surface area contributed by atoms with Crippen LogP contribution in [-0.4, -0.2) is 5.97 Å². The summed E-state index contributed by atoms with van der Waals surface area (Å²) in [7, 11) is 0. The Balaban J connectivity index is 1.91. The van der Waals surface area contributed by atoms with E-state index < -0.39 is 0 Å². The molecule has 120 valence electrons. The van der Waals surface area contributed by atoms with Gasteiger partial charge in [0.25, 0.3) is 0 Å². The van der Waals surface area contributed by atoms with Crippen molar-refractivity contribution in [1.82, 2.24) is 0 Å². The van der Waals surface area contributed by atoms with Gasteiger partial charge in [-0.15, -0.1) is 0 Å². The average Bonchev–Trinajstić information content (AvgIpc) is 2.89. The van der Waals surface area contributed by atoms with Crippen LogP contribution in [-0.2, 0) is 16.1 Å². The molecule has 0 aromatic carbocycles. The standard InChI is InChI=1S/C18H30O3/c1-3-4-5-6-7-8-9-10-11-12-18(19)21-15-17-13-14-20-16(17)2/h13-14H,3-12,15H2,1-2H3. The maximum atomic E-state index is 11.6. The van der Waals surface area contributed by atoms with Crippen LogP contribution in [0.1, 0.15) is 82.5 Å². The number of carbonyl (C=O) groups excluding carboxylic acids is 1. The number of carbonyl (C=O) groups is 1. The lowest BCUT2D eigenvalue weighted by molar-refractivity contribution is -0.145. The van der Waals surface area contributed by atoms with Gasteiger partial charge in [0.15, 0.2) is 0 Å². The van der Waals surface area contributed by atoms with E-state index >= 15 is 0 Å². The summed E-state index contributed by atoms with van der Waals surface area (Å²) >= 11 is 0. The maximum Gasteiger partial charge on any atom is 0.306 e. The predicted molar refractivity (Wildman–Crippen MR) is 85.1 cm³/mol. The molecule has 0 N–H and O–H groups in total. The van der Waals surface area contributed by atoms with Gasteiger partial charge in [0, 0.05) is 12.0 Å². The van der Waals surface area contributed by atoms with E-state index in [2.05, 4.69) is 6.92 Å². The Kier molecular flexibility index (Phi) is 9.68. The summed E-state index contributed by atoms with van der Waals surface area (Å²) in [5.74, 6) is 0.726. The van der Waals surface area contributed by atoms with Crippen LogP contribution < -0.4 is 0 Å². The van der Waals surface area contributed by atoms with Gasteiger partial charge in [0.2, 0.25) is 0 Å². The fourth-order valence-electron chi connectivity index (χ4n) is 2.37. The minimum atomic E-state index is -0.0986. The van der Waals surface area contributed by atoms with Crippen molar-refractivity contribution in [2.45, 2.75) is 84.7 Å². The maximum absolute atomic E-state index is 11.6. The Hall–Kier alpha value is -1.25. The summed E-state index contributed by atoms with van der Waals surface area (Å²) in [5, 5.41) is 0. The number of unbranched alkanes of at least 4 members (excludes halogenated alkanes) is 8. The number of esters is 1. The van der Waals surface area contributed by atoms with Gasteiger partial charge in [-0.05, 0) is 19.4 Å². The summed E-state index contributed by atoms with van der Waals surface area (Å²) < 4.78 is 10.4. The number of hydrogen-bond donors (Lipinski definition) is 0. The normalized spacial score (nSPS) is 10.8. The number of furan rings is 1. The molecule has 0 bridgehead atoms. The third-order valence-corrected chi connectivity index (χ3v) is 3.84. The second kappa shape index (κ2) is 11.4. The van der Waals surface area contributed by atoms with Crippen molar-refractivity contribution in [3.8, 4) is 0 Å². The number of aryl methyl sites for hydroxylation is 1. The van der Waals surface area contributed by atoms with E-state index in [0.717, 1.165) is 24.2 Å². The zero-order valence-corrected chi connectivity index (χ0v) is 13.7. The Morgan fingerprint density at radius 1 is 1.05 bits per heavy atom. The van der Waals surface area contributed by atoms with E-state index in [9.17, 15) is 4.79 Å². The second-order valence-corrected chi connectivity index (χ2v) is 5.74. The Bertz CT molecular complexity index is 382. The molecule has 3 nitrogen and oxygen atoms in total. The molecule has 1 heterocycles. The minimum Gasteiger partial charge on any atom is -0.469 e. The number of ether oxygens (including phenoxy) is 1. The zero-order valence-electron chi connectivity index (χ0n) is 13.7. The van der Waals surface area contributed by atoms with Gasteiger partial charge < -0.3 is 9.15 Å². The minimum absolute atomic E-state index is 0.0986. The van der Waals surface area contributed by atoms with Crippen LogP contribution in [0.4, 0.5) is 0 Å². The van der Waals surface area contributed by atoms with Crippen LogP contribution in [0.3, 0.4) is 0 Å². The van der Waals surface area contributed by atoms with Crippen LogP contribution in [0, 0.1) is 6.92 Å². The molecule has 1 aromatic heterocycles. The van der Waals surface area contributed by atoms with Crippen LogP contribution >= 0.6 is 0 Å². The molecule has 0 unspecified atom stereocenters. The fraction of sp³-hybridized carbons (Fsp3) is 0.722. The van der Waals surface area contributed by atoms with Crippen molar-refractivity contribution in [3.63, 3.8) is 0 Å². The monoisotopic (exact) mass is 294 g/mol. The largest absolute Gasteiger partial charge is 0.469 e. The molecule has 0 aliphatic heterocycles. The number of rotatable bonds is 12. The summed E-state index contributed by atoms with van der Waals surface area (Å²) in [4.78, 5) is 11.6. The highest BCUT2D eigenvalue weighted by atomic mass is 16.5. The summed E-state index contributed by atoms with van der Waals surface area (Å²) in [6, 6.07) is 1.85. The quantitative estimate of drug-likeness (QED) is 0.374. The molecule has 0 saturated heterocycles. The van der Waals surface area contributed by atoms with Crippen LogP contribution in [0.5, 0.6) is 0 Å². The highest BCUT2D eigenvalue weighted by Gasteiger charge is 2.06. The van der Waals surface area contributed by atoms with E-state index in [4.69, 9.17) is 9.15 Å². The van der Waals surface area contributed by atoms with Gasteiger partial charge in [-0.2, -0.15) is 0 Å². The first-order chi connectivity index (χ1) is 10.2. The van der Waals surface area contributed by atoms with Crippen molar-refractivity contribution in [2.75, 3.05) is 0 Å². The Labute approximate surface area is 129 Å². The van der Waals surface area contributed by atoms with Crippen LogP contribution in [0.25, 0.3) is 0 Å². The summed E-state index contributed by atoms with van der Waals surface area (Å²) in [6.45, 7) is 4.45. The third kappa shape index (κ3) is 8.59. The molecular weight excluding hydrogens is 264 g/mol. The lowest BCUT2D eigenvalue weighted by Crippen LogP contribution is -2.04. The molecule has 0 spiro atoms. The number of hydrogen-bond acceptors (Lipinski definition) is 3. The van der Waals surface area contributed by atoms with Crippen molar-refractivity contribution >= 4 is 5.97 Å². The smallest absolute Gasteiger partial charge is 0.306 e. The molecule has 0 saturated carbocycles. The molecule has 0 fully saturated rings. The lowest BCUT2D eigenvalue weighted by Gasteiger charge is -2.04. The average molecular weight is 294 g/mol.